The lowest BCUT2D eigenvalue weighted by Gasteiger charge is -1.69. The fraction of sp³-hybridized carbons (Fsp3) is 1.00. The molecule has 32 valence electrons. The molecule has 0 saturated heterocycles. The van der Waals surface area contributed by atoms with Crippen molar-refractivity contribution in [2.75, 3.05) is 12.4 Å². The zero-order chi connectivity index (χ0) is 7.71. The maximum atomic E-state index is 10.3. The van der Waals surface area contributed by atoms with Gasteiger partial charge in [0.15, 0.2) is 0 Å². The van der Waals surface area contributed by atoms with Gasteiger partial charge in [0.1, 0.15) is 9.84 Å². The molecule has 0 radical (unpaired) electrons. The predicted octanol–water partition coefficient (Wildman–Crippen LogP) is -0.339. The summed E-state index contributed by atoms with van der Waals surface area (Å²) in [6.07, 6.45) is -4.10. The van der Waals surface area contributed by atoms with Crippen molar-refractivity contribution in [2.45, 2.75) is 0 Å². The van der Waals surface area contributed by atoms with Crippen LogP contribution in [0.15, 0.2) is 0 Å². The number of sulfone groups is 1. The third-order valence-corrected chi connectivity index (χ3v) is 0. The van der Waals surface area contributed by atoms with Gasteiger partial charge in [-0.15, -0.1) is 0 Å². The van der Waals surface area contributed by atoms with Crippen molar-refractivity contribution in [1.29, 1.82) is 0 Å². The van der Waals surface area contributed by atoms with Gasteiger partial charge in [-0.2, -0.15) is 0 Å². The summed E-state index contributed by atoms with van der Waals surface area (Å²) in [5.74, 6) is 0. The Hall–Kier alpha value is -0.0500. The lowest BCUT2D eigenvalue weighted by atomic mass is 11.9. The smallest absolute Gasteiger partial charge is 0.144 e. The summed E-state index contributed by atoms with van der Waals surface area (Å²) in [6.45, 7) is 0. The van der Waals surface area contributed by atoms with Crippen LogP contribution in [0, 0.1) is 0 Å². The zero-order valence-electron chi connectivity index (χ0n) is 6.43. The van der Waals surface area contributed by atoms with E-state index >= 15 is 0 Å². The largest absolute Gasteiger partial charge is 0.229 e. The van der Waals surface area contributed by atoms with E-state index in [4.69, 9.17) is 5.48 Å². The van der Waals surface area contributed by atoms with E-state index < -0.39 is 22.3 Å². The highest BCUT2D eigenvalue weighted by atomic mass is 32.2. The van der Waals surface area contributed by atoms with Crippen molar-refractivity contribution in [3.63, 3.8) is 0 Å². The molecule has 0 aromatic carbocycles. The molecule has 0 aliphatic heterocycles. The van der Waals surface area contributed by atoms with Crippen molar-refractivity contribution in [2.24, 2.45) is 0 Å². The Bertz CT molecular complexity index is 177. The minimum Gasteiger partial charge on any atom is -0.229 e. The molecule has 0 aliphatic rings. The van der Waals surface area contributed by atoms with Crippen molar-refractivity contribution < 1.29 is 13.9 Å². The normalized spacial score (nSPS) is 25.6. The van der Waals surface area contributed by atoms with Gasteiger partial charge in [0, 0.05) is 17.9 Å². The summed E-state index contributed by atoms with van der Waals surface area (Å²) in [6, 6.07) is 0. The number of hydrogen-bond acceptors (Lipinski definition) is 2. The average molecular weight is 98.2 g/mol. The maximum absolute atomic E-state index is 10.3. The maximum Gasteiger partial charge on any atom is 0.144 e. The fourth-order valence-corrected chi connectivity index (χ4v) is 0. The van der Waals surface area contributed by atoms with E-state index in [1.807, 2.05) is 0 Å². The molecule has 0 fully saturated rings. The Morgan fingerprint density at radius 1 is 1.80 bits per heavy atom. The van der Waals surface area contributed by atoms with E-state index in [2.05, 4.69) is 0 Å². The molecule has 3 heteroatoms. The van der Waals surface area contributed by atoms with Crippen LogP contribution in [0.3, 0.4) is 0 Å². The Morgan fingerprint density at radius 2 is 2.40 bits per heavy atom. The topological polar surface area (TPSA) is 34.1 Å². The Kier molecular flexibility index (Phi) is 0.237. The number of rotatable bonds is 0. The molecule has 2 nitrogen and oxygen atoms in total. The van der Waals surface area contributed by atoms with E-state index in [0.717, 1.165) is 0 Å². The minimum absolute atomic E-state index is 1.08. The standard InChI is InChI=1S/C2H6O2S/c1-5(2,3)4/h1-2H3/i1D,2D3. The van der Waals surface area contributed by atoms with Gasteiger partial charge in [-0.25, -0.2) is 8.42 Å². The molecule has 0 heterocycles. The van der Waals surface area contributed by atoms with Gasteiger partial charge in [-0.3, -0.25) is 0 Å². The summed E-state index contributed by atoms with van der Waals surface area (Å²) < 4.78 is 45.9. The van der Waals surface area contributed by atoms with Crippen LogP contribution in [0.25, 0.3) is 0 Å². The van der Waals surface area contributed by atoms with Gasteiger partial charge in [-0.05, 0) is 0 Å². The molecule has 0 rings (SSSR count). The quantitative estimate of drug-likeness (QED) is 0.415. The van der Waals surface area contributed by atoms with E-state index in [1.165, 1.54) is 0 Å². The van der Waals surface area contributed by atoms with Gasteiger partial charge >= 0.3 is 0 Å². The summed E-state index contributed by atoms with van der Waals surface area (Å²) in [4.78, 5) is 0. The van der Waals surface area contributed by atoms with Crippen molar-refractivity contribution in [3.8, 4) is 0 Å². The molecule has 0 N–H and O–H groups in total. The lowest BCUT2D eigenvalue weighted by Crippen LogP contribution is -1.86. The van der Waals surface area contributed by atoms with Gasteiger partial charge in [0.25, 0.3) is 0 Å². The van der Waals surface area contributed by atoms with Gasteiger partial charge in [-0.1, -0.05) is 0 Å². The molecule has 0 unspecified atom stereocenters. The minimum atomic E-state index is -4.17. The van der Waals surface area contributed by atoms with Crippen molar-refractivity contribution >= 4 is 9.84 Å². The second-order valence-corrected chi connectivity index (χ2v) is 1.84. The molecule has 0 aromatic rings. The summed E-state index contributed by atoms with van der Waals surface area (Å²) in [7, 11) is -4.17. The Balaban J connectivity index is 4.57. The molecule has 0 amide bonds. The van der Waals surface area contributed by atoms with E-state index in [1.54, 1.807) is 0 Å². The molecule has 5 heavy (non-hydrogen) atoms. The molecule has 0 bridgehead atoms. The van der Waals surface area contributed by atoms with Gasteiger partial charge in [0.2, 0.25) is 0 Å². The first kappa shape index (κ1) is 1.22. The van der Waals surface area contributed by atoms with Crippen LogP contribution in [0.2, 0.25) is 0 Å². The molecular weight excluding hydrogens is 88.1 g/mol. The summed E-state index contributed by atoms with van der Waals surface area (Å²) in [5, 5.41) is 0. The van der Waals surface area contributed by atoms with Crippen molar-refractivity contribution in [3.05, 3.63) is 0 Å². The highest BCUT2D eigenvalue weighted by molar-refractivity contribution is 7.89. The zero-order valence-corrected chi connectivity index (χ0v) is 3.25. The second kappa shape index (κ2) is 0.971. The van der Waals surface area contributed by atoms with Crippen LogP contribution in [0.1, 0.15) is 5.48 Å². The predicted molar refractivity (Wildman–Crippen MR) is 20.8 cm³/mol. The Morgan fingerprint density at radius 3 is 2.40 bits per heavy atom. The SMILES string of the molecule is [2H]CS(=O)(=O)C([2H])([2H])[2H]. The average Bonchev–Trinajstić information content (AvgIpc) is 1.64. The molecule has 0 spiro atoms. The number of hydrogen-bond donors (Lipinski definition) is 0. The summed E-state index contributed by atoms with van der Waals surface area (Å²) in [5.41, 5.74) is 0. The highest BCUT2D eigenvalue weighted by Gasteiger charge is 1.79. The molecule has 0 atom stereocenters. The fourth-order valence-electron chi connectivity index (χ4n) is 0. The van der Waals surface area contributed by atoms with Crippen LogP contribution in [-0.2, 0) is 9.84 Å². The molecular formula is C2H6O2S. The third-order valence-electron chi connectivity index (χ3n) is 0. The van der Waals surface area contributed by atoms with Crippen LogP contribution >= 0.6 is 0 Å². The van der Waals surface area contributed by atoms with Crippen LogP contribution in [-0.4, -0.2) is 20.8 Å². The van der Waals surface area contributed by atoms with Crippen LogP contribution < -0.4 is 0 Å². The van der Waals surface area contributed by atoms with Gasteiger partial charge in [0.05, 0.1) is 0 Å². The lowest BCUT2D eigenvalue weighted by molar-refractivity contribution is 0.607. The second-order valence-electron chi connectivity index (χ2n) is 0.615. The van der Waals surface area contributed by atoms with Gasteiger partial charge < -0.3 is 0 Å². The monoisotopic (exact) mass is 98.0 g/mol. The van der Waals surface area contributed by atoms with Crippen molar-refractivity contribution in [1.82, 2.24) is 0 Å². The summed E-state index contributed by atoms with van der Waals surface area (Å²) >= 11 is 0. The first-order chi connectivity index (χ1) is 3.81. The van der Waals surface area contributed by atoms with E-state index in [-0.39, 0.29) is 0 Å². The first-order valence-corrected chi connectivity index (χ1v) is 2.48. The molecule has 0 saturated carbocycles. The van der Waals surface area contributed by atoms with Crippen LogP contribution in [0.4, 0.5) is 0 Å². The molecule has 0 aliphatic carbocycles. The third kappa shape index (κ3) is 6010. The first-order valence-electron chi connectivity index (χ1n) is 3.03. The highest BCUT2D eigenvalue weighted by Crippen LogP contribution is 1.61. The van der Waals surface area contributed by atoms with E-state index in [9.17, 15) is 8.42 Å². The Labute approximate surface area is 37.3 Å². The van der Waals surface area contributed by atoms with Crippen LogP contribution in [0.5, 0.6) is 0 Å². The van der Waals surface area contributed by atoms with E-state index in [0.29, 0.717) is 0 Å². The molecule has 0 aromatic heterocycles.